The van der Waals surface area contributed by atoms with Gasteiger partial charge in [-0.2, -0.15) is 0 Å². The predicted octanol–water partition coefficient (Wildman–Crippen LogP) is 1.26. The van der Waals surface area contributed by atoms with Crippen LogP contribution in [0.15, 0.2) is 12.7 Å². The number of ether oxygens (including phenoxy) is 1. The normalized spacial score (nSPS) is 24.7. The molecule has 1 aliphatic rings. The first kappa shape index (κ1) is 14.6. The predicted molar refractivity (Wildman–Crippen MR) is 62.5 cm³/mol. The third-order valence-electron chi connectivity index (χ3n) is 3.09. The molecular formula is C12H18FNO4. The van der Waals surface area contributed by atoms with Crippen LogP contribution >= 0.6 is 0 Å². The molecule has 1 N–H and O–H groups in total. The van der Waals surface area contributed by atoms with Crippen molar-refractivity contribution in [3.8, 4) is 0 Å². The topological polar surface area (TPSA) is 66.8 Å². The molecule has 1 rings (SSSR count). The van der Waals surface area contributed by atoms with E-state index < -0.39 is 29.8 Å². The fraction of sp³-hybridized carbons (Fsp3) is 0.667. The fourth-order valence-electron chi connectivity index (χ4n) is 1.74. The van der Waals surface area contributed by atoms with Crippen molar-refractivity contribution in [3.05, 3.63) is 12.7 Å². The highest BCUT2D eigenvalue weighted by molar-refractivity contribution is 5.98. The van der Waals surface area contributed by atoms with Crippen LogP contribution in [0.1, 0.15) is 20.8 Å². The van der Waals surface area contributed by atoms with Gasteiger partial charge in [-0.05, 0) is 12.8 Å². The van der Waals surface area contributed by atoms with Crippen molar-refractivity contribution in [2.45, 2.75) is 38.6 Å². The Morgan fingerprint density at radius 3 is 2.72 bits per heavy atom. The number of carbonyl (C=O) groups is 2. The lowest BCUT2D eigenvalue weighted by Gasteiger charge is -2.30. The SMILES string of the molecule is C=CC(O)C(C)(F)C(=O)N1C(=O)OC[C@@H]1C(C)C. The molecule has 1 saturated heterocycles. The van der Waals surface area contributed by atoms with Gasteiger partial charge in [0.25, 0.3) is 5.91 Å². The molecule has 0 spiro atoms. The number of amides is 2. The Labute approximate surface area is 105 Å². The molecule has 5 nitrogen and oxygen atoms in total. The summed E-state index contributed by atoms with van der Waals surface area (Å²) < 4.78 is 19.0. The van der Waals surface area contributed by atoms with Gasteiger partial charge in [0.1, 0.15) is 12.7 Å². The second-order valence-corrected chi connectivity index (χ2v) is 4.82. The van der Waals surface area contributed by atoms with Crippen LogP contribution in [0.5, 0.6) is 0 Å². The number of hydrogen-bond acceptors (Lipinski definition) is 4. The molecule has 0 aromatic carbocycles. The molecule has 0 radical (unpaired) electrons. The minimum Gasteiger partial charge on any atom is -0.447 e. The highest BCUT2D eigenvalue weighted by atomic mass is 19.1. The molecule has 0 aromatic rings. The van der Waals surface area contributed by atoms with Gasteiger partial charge in [0.2, 0.25) is 5.67 Å². The molecule has 18 heavy (non-hydrogen) atoms. The Morgan fingerprint density at radius 2 is 2.28 bits per heavy atom. The van der Waals surface area contributed by atoms with E-state index >= 15 is 0 Å². The van der Waals surface area contributed by atoms with E-state index in [1.54, 1.807) is 13.8 Å². The van der Waals surface area contributed by atoms with E-state index in [2.05, 4.69) is 6.58 Å². The third-order valence-corrected chi connectivity index (χ3v) is 3.09. The number of alkyl halides is 1. The molecular weight excluding hydrogens is 241 g/mol. The number of aliphatic hydroxyl groups is 1. The lowest BCUT2D eigenvalue weighted by atomic mass is 9.97. The van der Waals surface area contributed by atoms with Crippen LogP contribution in [0.3, 0.4) is 0 Å². The van der Waals surface area contributed by atoms with Crippen LogP contribution in [0.25, 0.3) is 0 Å². The van der Waals surface area contributed by atoms with Gasteiger partial charge in [0, 0.05) is 0 Å². The van der Waals surface area contributed by atoms with Gasteiger partial charge in [-0.15, -0.1) is 6.58 Å². The highest BCUT2D eigenvalue weighted by Gasteiger charge is 2.50. The zero-order valence-electron chi connectivity index (χ0n) is 10.7. The van der Waals surface area contributed by atoms with E-state index in [4.69, 9.17) is 4.74 Å². The molecule has 1 aliphatic heterocycles. The van der Waals surface area contributed by atoms with Gasteiger partial charge in [0.05, 0.1) is 6.04 Å². The lowest BCUT2D eigenvalue weighted by Crippen LogP contribution is -2.54. The van der Waals surface area contributed by atoms with Crippen LogP contribution in [0.4, 0.5) is 9.18 Å². The van der Waals surface area contributed by atoms with Crippen molar-refractivity contribution in [2.75, 3.05) is 6.61 Å². The molecule has 1 fully saturated rings. The average Bonchev–Trinajstić information content (AvgIpc) is 2.68. The lowest BCUT2D eigenvalue weighted by molar-refractivity contribution is -0.146. The maximum atomic E-state index is 14.2. The zero-order chi connectivity index (χ0) is 14.1. The summed E-state index contributed by atoms with van der Waals surface area (Å²) in [5.41, 5.74) is -2.60. The minimum absolute atomic E-state index is 0.0442. The summed E-state index contributed by atoms with van der Waals surface area (Å²) in [6.07, 6.45) is -1.63. The first-order valence-electron chi connectivity index (χ1n) is 5.73. The summed E-state index contributed by atoms with van der Waals surface area (Å²) in [6.45, 7) is 7.79. The average molecular weight is 259 g/mol. The number of nitrogens with zero attached hydrogens (tertiary/aromatic N) is 1. The second-order valence-electron chi connectivity index (χ2n) is 4.82. The van der Waals surface area contributed by atoms with E-state index in [1.165, 1.54) is 0 Å². The van der Waals surface area contributed by atoms with Crippen molar-refractivity contribution in [1.29, 1.82) is 0 Å². The summed E-state index contributed by atoms with van der Waals surface area (Å²) in [4.78, 5) is 24.3. The van der Waals surface area contributed by atoms with Crippen LogP contribution in [-0.4, -0.2) is 46.4 Å². The number of rotatable bonds is 4. The molecule has 2 unspecified atom stereocenters. The Morgan fingerprint density at radius 1 is 1.72 bits per heavy atom. The molecule has 1 heterocycles. The largest absolute Gasteiger partial charge is 0.447 e. The van der Waals surface area contributed by atoms with Crippen molar-refractivity contribution in [3.63, 3.8) is 0 Å². The van der Waals surface area contributed by atoms with E-state index in [0.29, 0.717) is 0 Å². The number of aliphatic hydroxyl groups excluding tert-OH is 1. The van der Waals surface area contributed by atoms with Gasteiger partial charge in [-0.1, -0.05) is 19.9 Å². The van der Waals surface area contributed by atoms with Crippen LogP contribution in [0, 0.1) is 5.92 Å². The van der Waals surface area contributed by atoms with Crippen molar-refractivity contribution >= 4 is 12.0 Å². The van der Waals surface area contributed by atoms with Gasteiger partial charge in [-0.25, -0.2) is 14.1 Å². The first-order chi connectivity index (χ1) is 8.23. The number of hydrogen-bond donors (Lipinski definition) is 1. The molecule has 0 bridgehead atoms. The zero-order valence-corrected chi connectivity index (χ0v) is 10.7. The van der Waals surface area contributed by atoms with E-state index in [1.807, 2.05) is 0 Å². The molecule has 0 aliphatic carbocycles. The monoisotopic (exact) mass is 259 g/mol. The molecule has 102 valence electrons. The quantitative estimate of drug-likeness (QED) is 0.772. The van der Waals surface area contributed by atoms with Gasteiger partial charge in [0.15, 0.2) is 0 Å². The Balaban J connectivity index is 3.01. The minimum atomic E-state index is -2.60. The van der Waals surface area contributed by atoms with Crippen LogP contribution in [0.2, 0.25) is 0 Å². The summed E-state index contributed by atoms with van der Waals surface area (Å²) >= 11 is 0. The third kappa shape index (κ3) is 2.38. The van der Waals surface area contributed by atoms with Crippen molar-refractivity contribution in [2.24, 2.45) is 5.92 Å². The summed E-state index contributed by atoms with van der Waals surface area (Å²) in [7, 11) is 0. The molecule has 0 aromatic heterocycles. The Hall–Kier alpha value is -1.43. The highest BCUT2D eigenvalue weighted by Crippen LogP contribution is 2.27. The van der Waals surface area contributed by atoms with E-state index in [0.717, 1.165) is 17.9 Å². The molecule has 0 saturated carbocycles. The standard InChI is InChI=1S/C12H18FNO4/c1-5-9(15)12(4,13)10(16)14-8(7(2)3)6-18-11(14)17/h5,7-9,15H,1,6H2,2-4H3/t8-,9?,12?/m1/s1. The number of halogens is 1. The van der Waals surface area contributed by atoms with Gasteiger partial charge in [-0.3, -0.25) is 4.79 Å². The van der Waals surface area contributed by atoms with Gasteiger partial charge < -0.3 is 9.84 Å². The smallest absolute Gasteiger partial charge is 0.417 e. The first-order valence-corrected chi connectivity index (χ1v) is 5.73. The second kappa shape index (κ2) is 5.06. The maximum Gasteiger partial charge on any atom is 0.417 e. The molecule has 3 atom stereocenters. The van der Waals surface area contributed by atoms with Crippen LogP contribution < -0.4 is 0 Å². The van der Waals surface area contributed by atoms with Crippen molar-refractivity contribution < 1.29 is 23.8 Å². The number of cyclic esters (lactones) is 1. The summed E-state index contributed by atoms with van der Waals surface area (Å²) in [5, 5.41) is 9.43. The number of imide groups is 1. The van der Waals surface area contributed by atoms with E-state index in [9.17, 15) is 19.1 Å². The van der Waals surface area contributed by atoms with E-state index in [-0.39, 0.29) is 12.5 Å². The summed E-state index contributed by atoms with van der Waals surface area (Å²) in [6, 6.07) is -0.517. The Kier molecular flexibility index (Phi) is 4.11. The Bertz CT molecular complexity index is 367. The number of carbonyl (C=O) groups excluding carboxylic acids is 2. The summed E-state index contributed by atoms with van der Waals surface area (Å²) in [5.74, 6) is -1.16. The molecule has 6 heteroatoms. The van der Waals surface area contributed by atoms with Crippen molar-refractivity contribution in [1.82, 2.24) is 4.90 Å². The fourth-order valence-corrected chi connectivity index (χ4v) is 1.74. The van der Waals surface area contributed by atoms with Gasteiger partial charge >= 0.3 is 6.09 Å². The maximum absolute atomic E-state index is 14.2. The van der Waals surface area contributed by atoms with Crippen LogP contribution in [-0.2, 0) is 9.53 Å². The molecule has 2 amide bonds.